The van der Waals surface area contributed by atoms with Crippen LogP contribution in [0.15, 0.2) is 30.6 Å². The molecule has 35 heavy (non-hydrogen) atoms. The van der Waals surface area contributed by atoms with Gasteiger partial charge < -0.3 is 25.0 Å². The third-order valence-electron chi connectivity index (χ3n) is 7.54. The van der Waals surface area contributed by atoms with Crippen molar-refractivity contribution in [1.82, 2.24) is 19.5 Å². The fraction of sp³-hybridized carbons (Fsp3) is 0.560. The molecular weight excluding hydrogens is 470 g/mol. The minimum Gasteiger partial charge on any atom is -0.394 e. The Bertz CT molecular complexity index is 1170. The maximum atomic E-state index is 10.4. The molecule has 3 aromatic rings. The maximum absolute atomic E-state index is 10.4. The van der Waals surface area contributed by atoms with Crippen LogP contribution in [-0.2, 0) is 17.6 Å². The van der Waals surface area contributed by atoms with Gasteiger partial charge in [0.2, 0.25) is 5.28 Å². The largest absolute Gasteiger partial charge is 0.394 e. The van der Waals surface area contributed by atoms with Crippen LogP contribution in [0.3, 0.4) is 0 Å². The normalized spacial score (nSPS) is 27.2. The van der Waals surface area contributed by atoms with Gasteiger partial charge in [0, 0.05) is 13.1 Å². The van der Waals surface area contributed by atoms with E-state index in [2.05, 4.69) is 44.1 Å². The standard InChI is InChI=1S/C23H26ClN5O4.C2H6/c24-22-26-19(28-7-5-23(6-8-28)9-13-3-1-2-4-14(13)10-23)16-20(27-22)29(12-25-16)21-18(32)17(31)15(11-30)33-21;1-2/h1-4,12,15,17-18,21,30-32H,5-11H2;1-2H3. The molecule has 2 aromatic heterocycles. The third-order valence-corrected chi connectivity index (χ3v) is 7.71. The van der Waals surface area contributed by atoms with E-state index in [1.165, 1.54) is 17.5 Å². The molecule has 9 nitrogen and oxygen atoms in total. The Kier molecular flexibility index (Phi) is 6.71. The zero-order valence-electron chi connectivity index (χ0n) is 20.0. The van der Waals surface area contributed by atoms with E-state index in [1.54, 1.807) is 4.57 Å². The molecule has 1 aromatic carbocycles. The molecule has 0 saturated carbocycles. The van der Waals surface area contributed by atoms with Crippen molar-refractivity contribution < 1.29 is 20.1 Å². The second-order valence-corrected chi connectivity index (χ2v) is 9.82. The molecule has 2 fully saturated rings. The first-order valence-corrected chi connectivity index (χ1v) is 12.7. The molecule has 10 heteroatoms. The van der Waals surface area contributed by atoms with Crippen LogP contribution in [0.2, 0.25) is 5.28 Å². The molecule has 0 amide bonds. The monoisotopic (exact) mass is 501 g/mol. The molecule has 4 atom stereocenters. The van der Waals surface area contributed by atoms with Gasteiger partial charge in [0.1, 0.15) is 18.3 Å². The van der Waals surface area contributed by atoms with Crippen LogP contribution >= 0.6 is 11.6 Å². The second kappa shape index (κ2) is 9.63. The highest BCUT2D eigenvalue weighted by Crippen LogP contribution is 2.45. The first kappa shape index (κ1) is 24.4. The van der Waals surface area contributed by atoms with Crippen LogP contribution < -0.4 is 4.90 Å². The van der Waals surface area contributed by atoms with Gasteiger partial charge >= 0.3 is 0 Å². The number of anilines is 1. The Labute approximate surface area is 209 Å². The number of aliphatic hydroxyl groups is 3. The molecule has 2 saturated heterocycles. The van der Waals surface area contributed by atoms with Gasteiger partial charge in [-0.25, -0.2) is 4.98 Å². The van der Waals surface area contributed by atoms with E-state index < -0.39 is 31.1 Å². The highest BCUT2D eigenvalue weighted by atomic mass is 35.5. The topological polar surface area (TPSA) is 117 Å². The molecule has 2 aliphatic heterocycles. The molecule has 1 spiro atoms. The van der Waals surface area contributed by atoms with Gasteiger partial charge in [-0.05, 0) is 53.8 Å². The molecule has 4 heterocycles. The van der Waals surface area contributed by atoms with E-state index in [1.807, 2.05) is 13.8 Å². The summed E-state index contributed by atoms with van der Waals surface area (Å²) in [5, 5.41) is 30.1. The summed E-state index contributed by atoms with van der Waals surface area (Å²) in [5.74, 6) is 0.667. The van der Waals surface area contributed by atoms with Crippen LogP contribution in [0, 0.1) is 5.41 Å². The van der Waals surface area contributed by atoms with E-state index in [-0.39, 0.29) is 5.28 Å². The van der Waals surface area contributed by atoms with Crippen LogP contribution in [0.5, 0.6) is 0 Å². The molecular formula is C25H32ClN5O4. The summed E-state index contributed by atoms with van der Waals surface area (Å²) in [5.41, 5.74) is 4.23. The lowest BCUT2D eigenvalue weighted by atomic mass is 9.76. The van der Waals surface area contributed by atoms with Gasteiger partial charge in [-0.3, -0.25) is 4.57 Å². The molecule has 188 valence electrons. The van der Waals surface area contributed by atoms with Crippen molar-refractivity contribution in [2.45, 2.75) is 64.1 Å². The molecule has 6 rings (SSSR count). The minimum absolute atomic E-state index is 0.0829. The average molecular weight is 502 g/mol. The predicted octanol–water partition coefficient (Wildman–Crippen LogP) is 2.50. The van der Waals surface area contributed by atoms with E-state index >= 15 is 0 Å². The minimum atomic E-state index is -1.23. The fourth-order valence-corrected chi connectivity index (χ4v) is 5.87. The summed E-state index contributed by atoms with van der Waals surface area (Å²) < 4.78 is 7.21. The molecule has 0 radical (unpaired) electrons. The number of rotatable bonds is 3. The number of imidazole rings is 1. The summed E-state index contributed by atoms with van der Waals surface area (Å²) in [4.78, 5) is 15.6. The number of fused-ring (bicyclic) bond motifs is 2. The van der Waals surface area contributed by atoms with Crippen molar-refractivity contribution >= 4 is 28.6 Å². The smallest absolute Gasteiger partial charge is 0.226 e. The number of benzene rings is 1. The number of ether oxygens (including phenoxy) is 1. The molecule has 3 N–H and O–H groups in total. The van der Waals surface area contributed by atoms with Crippen LogP contribution in [0.1, 0.15) is 44.0 Å². The highest BCUT2D eigenvalue weighted by molar-refractivity contribution is 6.28. The first-order valence-electron chi connectivity index (χ1n) is 12.3. The first-order chi connectivity index (χ1) is 17.0. The number of hydrogen-bond acceptors (Lipinski definition) is 8. The Balaban J connectivity index is 0.00000124. The van der Waals surface area contributed by atoms with Crippen molar-refractivity contribution in [3.8, 4) is 0 Å². The molecule has 0 bridgehead atoms. The van der Waals surface area contributed by atoms with Crippen molar-refractivity contribution in [1.29, 1.82) is 0 Å². The summed E-state index contributed by atoms with van der Waals surface area (Å²) in [6.07, 6.45) is 1.63. The second-order valence-electron chi connectivity index (χ2n) is 9.48. The number of nitrogens with zero attached hydrogens (tertiary/aromatic N) is 5. The molecule has 3 aliphatic rings. The number of aliphatic hydroxyl groups excluding tert-OH is 3. The SMILES string of the molecule is CC.OCC1OC(n2cnc3c(N4CCC5(CC4)Cc4ccccc4C5)nc(Cl)nc32)C(O)C1O. The van der Waals surface area contributed by atoms with Crippen molar-refractivity contribution in [2.24, 2.45) is 5.41 Å². The Morgan fingerprint density at radius 1 is 1.06 bits per heavy atom. The molecule has 4 unspecified atom stereocenters. The van der Waals surface area contributed by atoms with Crippen LogP contribution in [0.25, 0.3) is 11.2 Å². The predicted molar refractivity (Wildman–Crippen MR) is 132 cm³/mol. The van der Waals surface area contributed by atoms with Gasteiger partial charge in [-0.1, -0.05) is 38.1 Å². The lowest BCUT2D eigenvalue weighted by Gasteiger charge is -2.40. The van der Waals surface area contributed by atoms with Gasteiger partial charge in [0.25, 0.3) is 0 Å². The lowest BCUT2D eigenvalue weighted by Crippen LogP contribution is -2.41. The Hall–Kier alpha value is -2.30. The highest BCUT2D eigenvalue weighted by Gasteiger charge is 2.44. The van der Waals surface area contributed by atoms with Crippen LogP contribution in [-0.4, -0.2) is 72.8 Å². The number of aromatic nitrogens is 4. The summed E-state index contributed by atoms with van der Waals surface area (Å²) >= 11 is 6.30. The summed E-state index contributed by atoms with van der Waals surface area (Å²) in [6, 6.07) is 8.73. The van der Waals surface area contributed by atoms with E-state index in [0.717, 1.165) is 38.8 Å². The van der Waals surface area contributed by atoms with Gasteiger partial charge in [0.15, 0.2) is 23.2 Å². The Morgan fingerprint density at radius 2 is 1.71 bits per heavy atom. The van der Waals surface area contributed by atoms with Gasteiger partial charge in [-0.2, -0.15) is 9.97 Å². The van der Waals surface area contributed by atoms with E-state index in [4.69, 9.17) is 16.3 Å². The Morgan fingerprint density at radius 3 is 2.31 bits per heavy atom. The van der Waals surface area contributed by atoms with E-state index in [9.17, 15) is 15.3 Å². The maximum Gasteiger partial charge on any atom is 0.226 e. The number of piperidine rings is 1. The lowest BCUT2D eigenvalue weighted by molar-refractivity contribution is -0.0511. The zero-order valence-corrected chi connectivity index (χ0v) is 20.8. The average Bonchev–Trinajstić information content (AvgIpc) is 3.54. The zero-order chi connectivity index (χ0) is 24.7. The van der Waals surface area contributed by atoms with Crippen LogP contribution in [0.4, 0.5) is 5.82 Å². The van der Waals surface area contributed by atoms with Crippen molar-refractivity contribution in [3.05, 3.63) is 47.0 Å². The number of hydrogen-bond donors (Lipinski definition) is 3. The van der Waals surface area contributed by atoms with Gasteiger partial charge in [0.05, 0.1) is 12.9 Å². The quantitative estimate of drug-likeness (QED) is 0.469. The molecule has 1 aliphatic carbocycles. The van der Waals surface area contributed by atoms with E-state index in [0.29, 0.717) is 22.4 Å². The fourth-order valence-electron chi connectivity index (χ4n) is 5.71. The summed E-state index contributed by atoms with van der Waals surface area (Å²) in [6.45, 7) is 5.29. The summed E-state index contributed by atoms with van der Waals surface area (Å²) in [7, 11) is 0. The third kappa shape index (κ3) is 4.19. The van der Waals surface area contributed by atoms with Crippen molar-refractivity contribution in [2.75, 3.05) is 24.6 Å². The van der Waals surface area contributed by atoms with Crippen molar-refractivity contribution in [3.63, 3.8) is 0 Å². The van der Waals surface area contributed by atoms with Gasteiger partial charge in [-0.15, -0.1) is 0 Å². The number of halogens is 1.